The minimum atomic E-state index is 1.12. The SMILES string of the molecule is C1=Nc2ccccc21. The maximum absolute atomic E-state index is 4.01. The molecule has 0 atom stereocenters. The first kappa shape index (κ1) is 3.84. The third-order valence-corrected chi connectivity index (χ3v) is 1.28. The molecule has 1 heteroatoms. The van der Waals surface area contributed by atoms with Crippen molar-refractivity contribution in [2.45, 2.75) is 0 Å². The summed E-state index contributed by atoms with van der Waals surface area (Å²) >= 11 is 0. The molecule has 1 heterocycles. The van der Waals surface area contributed by atoms with Crippen LogP contribution in [0.5, 0.6) is 0 Å². The number of hydrogen-bond acceptors (Lipinski definition) is 1. The van der Waals surface area contributed by atoms with Gasteiger partial charge in [-0.05, 0) is 6.07 Å². The molecule has 1 aliphatic rings. The predicted molar refractivity (Wildman–Crippen MR) is 33.7 cm³/mol. The van der Waals surface area contributed by atoms with Gasteiger partial charge in [0.2, 0.25) is 0 Å². The van der Waals surface area contributed by atoms with Gasteiger partial charge < -0.3 is 0 Å². The number of rotatable bonds is 0. The fourth-order valence-corrected chi connectivity index (χ4v) is 0.787. The van der Waals surface area contributed by atoms with E-state index in [4.69, 9.17) is 0 Å². The number of fused-ring (bicyclic) bond motifs is 1. The van der Waals surface area contributed by atoms with Crippen LogP contribution in [0.2, 0.25) is 0 Å². The lowest BCUT2D eigenvalue weighted by atomic mass is 10.1. The van der Waals surface area contributed by atoms with Crippen LogP contribution in [-0.4, -0.2) is 6.21 Å². The topological polar surface area (TPSA) is 12.4 Å². The molecule has 1 nitrogen and oxygen atoms in total. The molecule has 0 saturated carbocycles. The van der Waals surface area contributed by atoms with Gasteiger partial charge in [0.15, 0.2) is 0 Å². The minimum Gasteiger partial charge on any atom is -0.256 e. The molecule has 0 radical (unpaired) electrons. The average Bonchev–Trinajstić information content (AvgIpc) is 1.72. The maximum Gasteiger partial charge on any atom is 0.0717 e. The summed E-state index contributed by atoms with van der Waals surface area (Å²) in [4.78, 5) is 4.01. The van der Waals surface area contributed by atoms with E-state index >= 15 is 0 Å². The van der Waals surface area contributed by atoms with Crippen molar-refractivity contribution >= 4 is 11.9 Å². The van der Waals surface area contributed by atoms with Gasteiger partial charge in [-0.25, -0.2) is 0 Å². The van der Waals surface area contributed by atoms with Crippen molar-refractivity contribution in [3.8, 4) is 0 Å². The molecule has 0 unspecified atom stereocenters. The van der Waals surface area contributed by atoms with Crippen LogP contribution in [0.15, 0.2) is 29.3 Å². The van der Waals surface area contributed by atoms with Crippen LogP contribution in [0.25, 0.3) is 0 Å². The van der Waals surface area contributed by atoms with E-state index < -0.39 is 0 Å². The Hall–Kier alpha value is -1.11. The Kier molecular flexibility index (Phi) is 0.570. The van der Waals surface area contributed by atoms with Crippen LogP contribution in [0, 0.1) is 0 Å². The summed E-state index contributed by atoms with van der Waals surface area (Å²) in [5.41, 5.74) is 2.38. The van der Waals surface area contributed by atoms with Crippen molar-refractivity contribution in [2.24, 2.45) is 4.99 Å². The van der Waals surface area contributed by atoms with Crippen LogP contribution in [0.4, 0.5) is 5.69 Å². The highest BCUT2D eigenvalue weighted by Crippen LogP contribution is 2.23. The maximum atomic E-state index is 4.01. The summed E-state index contributed by atoms with van der Waals surface area (Å²) in [7, 11) is 0. The summed E-state index contributed by atoms with van der Waals surface area (Å²) < 4.78 is 0. The number of nitrogens with zero attached hydrogens (tertiary/aromatic N) is 1. The molecule has 0 fully saturated rings. The van der Waals surface area contributed by atoms with Gasteiger partial charge in [-0.15, -0.1) is 0 Å². The van der Waals surface area contributed by atoms with Crippen LogP contribution < -0.4 is 0 Å². The zero-order chi connectivity index (χ0) is 5.40. The lowest BCUT2D eigenvalue weighted by Gasteiger charge is -2.05. The van der Waals surface area contributed by atoms with Gasteiger partial charge in [-0.3, -0.25) is 4.99 Å². The molecule has 0 N–H and O–H groups in total. The van der Waals surface area contributed by atoms with E-state index in [0.29, 0.717) is 0 Å². The van der Waals surface area contributed by atoms with Crippen molar-refractivity contribution < 1.29 is 0 Å². The number of para-hydroxylation sites is 1. The molecule has 0 saturated heterocycles. The Morgan fingerprint density at radius 2 is 2.00 bits per heavy atom. The summed E-state index contributed by atoms with van der Waals surface area (Å²) in [6.07, 6.45) is 1.87. The molecule has 0 aromatic heterocycles. The predicted octanol–water partition coefficient (Wildman–Crippen LogP) is 1.75. The van der Waals surface area contributed by atoms with Gasteiger partial charge in [0.05, 0.1) is 5.69 Å². The lowest BCUT2D eigenvalue weighted by Crippen LogP contribution is -1.89. The second-order valence-corrected chi connectivity index (χ2v) is 1.82. The van der Waals surface area contributed by atoms with Crippen molar-refractivity contribution in [1.29, 1.82) is 0 Å². The Balaban J connectivity index is 2.69. The zero-order valence-corrected chi connectivity index (χ0v) is 4.33. The van der Waals surface area contributed by atoms with Gasteiger partial charge in [0.1, 0.15) is 0 Å². The molecule has 2 rings (SSSR count). The second-order valence-electron chi connectivity index (χ2n) is 1.82. The molecule has 1 aliphatic heterocycles. The van der Waals surface area contributed by atoms with E-state index in [1.165, 1.54) is 5.56 Å². The highest BCUT2D eigenvalue weighted by Gasteiger charge is 2.01. The molecule has 0 bridgehead atoms. The number of hydrogen-bond donors (Lipinski definition) is 0. The van der Waals surface area contributed by atoms with Crippen molar-refractivity contribution in [3.63, 3.8) is 0 Å². The Morgan fingerprint density at radius 1 is 1.12 bits per heavy atom. The smallest absolute Gasteiger partial charge is 0.0717 e. The van der Waals surface area contributed by atoms with Crippen LogP contribution in [0.3, 0.4) is 0 Å². The van der Waals surface area contributed by atoms with E-state index in [1.807, 2.05) is 24.4 Å². The van der Waals surface area contributed by atoms with Gasteiger partial charge in [-0.1, -0.05) is 18.2 Å². The number of benzene rings is 1. The van der Waals surface area contributed by atoms with E-state index in [-0.39, 0.29) is 0 Å². The Labute approximate surface area is 47.7 Å². The molecule has 0 spiro atoms. The van der Waals surface area contributed by atoms with Crippen molar-refractivity contribution in [1.82, 2.24) is 0 Å². The second kappa shape index (κ2) is 1.19. The van der Waals surface area contributed by atoms with Crippen molar-refractivity contribution in [2.75, 3.05) is 0 Å². The fourth-order valence-electron chi connectivity index (χ4n) is 0.787. The number of aliphatic imine (C=N–C) groups is 1. The highest BCUT2D eigenvalue weighted by atomic mass is 14.8. The molecule has 8 heavy (non-hydrogen) atoms. The Bertz CT molecular complexity index is 213. The standard InChI is InChI=1S/C7H5N/c1-2-4-7-6(3-1)5-8-7/h1-5H. The summed E-state index contributed by atoms with van der Waals surface area (Å²) in [5.74, 6) is 0. The first-order chi connectivity index (χ1) is 3.97. The first-order valence-electron chi connectivity index (χ1n) is 2.60. The Morgan fingerprint density at radius 3 is 2.38 bits per heavy atom. The van der Waals surface area contributed by atoms with Crippen molar-refractivity contribution in [3.05, 3.63) is 29.8 Å². The van der Waals surface area contributed by atoms with Crippen LogP contribution in [-0.2, 0) is 0 Å². The monoisotopic (exact) mass is 103 g/mol. The van der Waals surface area contributed by atoms with E-state index in [2.05, 4.69) is 11.1 Å². The molecule has 1 aromatic rings. The zero-order valence-electron chi connectivity index (χ0n) is 4.33. The summed E-state index contributed by atoms with van der Waals surface area (Å²) in [6.45, 7) is 0. The lowest BCUT2D eigenvalue weighted by molar-refractivity contribution is 1.45. The first-order valence-corrected chi connectivity index (χ1v) is 2.60. The summed E-state index contributed by atoms with van der Waals surface area (Å²) in [5, 5.41) is 0. The third kappa shape index (κ3) is 0.334. The van der Waals surface area contributed by atoms with E-state index in [0.717, 1.165) is 5.69 Å². The summed E-state index contributed by atoms with van der Waals surface area (Å²) in [6, 6.07) is 8.08. The molecular weight excluding hydrogens is 98.1 g/mol. The van der Waals surface area contributed by atoms with E-state index in [9.17, 15) is 0 Å². The molecular formula is C7H5N. The van der Waals surface area contributed by atoms with Crippen LogP contribution in [0.1, 0.15) is 5.56 Å². The van der Waals surface area contributed by atoms with Crippen LogP contribution >= 0.6 is 0 Å². The molecule has 38 valence electrons. The normalized spacial score (nSPS) is 12.5. The van der Waals surface area contributed by atoms with Gasteiger partial charge >= 0.3 is 0 Å². The molecule has 1 aromatic carbocycles. The largest absolute Gasteiger partial charge is 0.256 e. The quantitative estimate of drug-likeness (QED) is 0.481. The van der Waals surface area contributed by atoms with Gasteiger partial charge in [0.25, 0.3) is 0 Å². The highest BCUT2D eigenvalue weighted by molar-refractivity contribution is 5.96. The van der Waals surface area contributed by atoms with E-state index in [1.54, 1.807) is 0 Å². The average molecular weight is 103 g/mol. The molecule has 0 aliphatic carbocycles. The molecule has 0 amide bonds. The van der Waals surface area contributed by atoms with Gasteiger partial charge in [0, 0.05) is 11.8 Å². The fraction of sp³-hybridized carbons (Fsp3) is 0. The minimum absolute atomic E-state index is 1.12. The van der Waals surface area contributed by atoms with Gasteiger partial charge in [-0.2, -0.15) is 0 Å². The third-order valence-electron chi connectivity index (χ3n) is 1.28.